The highest BCUT2D eigenvalue weighted by Crippen LogP contribution is 2.26. The standard InChI is InChI=1S/C18H28N2O2/c1-5-15(19-14-10-7-6-8-11-14)16-12-9-13-20(16)17(21)22-18(2,3)4/h6-8,10-11,15-16,19H,5,9,12-13H2,1-4H3/t15-,16-/m1/s1. The van der Waals surface area contributed by atoms with Gasteiger partial charge in [0.1, 0.15) is 5.60 Å². The van der Waals surface area contributed by atoms with E-state index in [2.05, 4.69) is 24.4 Å². The Morgan fingerprint density at radius 2 is 2.05 bits per heavy atom. The molecule has 1 fully saturated rings. The van der Waals surface area contributed by atoms with Crippen molar-refractivity contribution in [3.63, 3.8) is 0 Å². The molecule has 1 amide bonds. The fraction of sp³-hybridized carbons (Fsp3) is 0.611. The van der Waals surface area contributed by atoms with Gasteiger partial charge < -0.3 is 15.0 Å². The lowest BCUT2D eigenvalue weighted by Crippen LogP contribution is -2.47. The highest BCUT2D eigenvalue weighted by molar-refractivity contribution is 5.69. The summed E-state index contributed by atoms with van der Waals surface area (Å²) in [7, 11) is 0. The molecule has 2 rings (SSSR count). The highest BCUT2D eigenvalue weighted by Gasteiger charge is 2.36. The zero-order valence-electron chi connectivity index (χ0n) is 14.1. The van der Waals surface area contributed by atoms with E-state index >= 15 is 0 Å². The van der Waals surface area contributed by atoms with Gasteiger partial charge in [0, 0.05) is 18.3 Å². The number of nitrogens with zero attached hydrogens (tertiary/aromatic N) is 1. The smallest absolute Gasteiger partial charge is 0.410 e. The van der Waals surface area contributed by atoms with Gasteiger partial charge >= 0.3 is 6.09 Å². The molecule has 122 valence electrons. The third kappa shape index (κ3) is 4.39. The minimum Gasteiger partial charge on any atom is -0.444 e. The molecule has 1 N–H and O–H groups in total. The van der Waals surface area contributed by atoms with Crippen LogP contribution in [0.4, 0.5) is 10.5 Å². The second-order valence-corrected chi connectivity index (χ2v) is 6.91. The van der Waals surface area contributed by atoms with E-state index in [0.29, 0.717) is 0 Å². The molecule has 1 heterocycles. The second-order valence-electron chi connectivity index (χ2n) is 6.91. The van der Waals surface area contributed by atoms with Crippen LogP contribution in [0.1, 0.15) is 47.0 Å². The average molecular weight is 304 g/mol. The number of likely N-dealkylation sites (tertiary alicyclic amines) is 1. The van der Waals surface area contributed by atoms with Crippen LogP contribution in [-0.4, -0.2) is 35.2 Å². The van der Waals surface area contributed by atoms with Gasteiger partial charge in [-0.3, -0.25) is 0 Å². The number of ether oxygens (including phenoxy) is 1. The lowest BCUT2D eigenvalue weighted by Gasteiger charge is -2.33. The maximum absolute atomic E-state index is 12.4. The first-order chi connectivity index (χ1) is 10.4. The van der Waals surface area contributed by atoms with Gasteiger partial charge in [-0.15, -0.1) is 0 Å². The van der Waals surface area contributed by atoms with Gasteiger partial charge in [0.2, 0.25) is 0 Å². The van der Waals surface area contributed by atoms with Crippen molar-refractivity contribution < 1.29 is 9.53 Å². The summed E-state index contributed by atoms with van der Waals surface area (Å²) in [5, 5.41) is 3.57. The fourth-order valence-corrected chi connectivity index (χ4v) is 2.98. The molecular weight excluding hydrogens is 276 g/mol. The van der Waals surface area contributed by atoms with Crippen molar-refractivity contribution in [3.8, 4) is 0 Å². The molecule has 0 unspecified atom stereocenters. The number of hydrogen-bond acceptors (Lipinski definition) is 3. The third-order valence-electron chi connectivity index (χ3n) is 3.96. The van der Waals surface area contributed by atoms with Crippen molar-refractivity contribution in [2.24, 2.45) is 0 Å². The van der Waals surface area contributed by atoms with E-state index < -0.39 is 5.60 Å². The largest absolute Gasteiger partial charge is 0.444 e. The summed E-state index contributed by atoms with van der Waals surface area (Å²) >= 11 is 0. The number of nitrogens with one attached hydrogen (secondary N) is 1. The van der Waals surface area contributed by atoms with Gasteiger partial charge in [-0.05, 0) is 52.2 Å². The summed E-state index contributed by atoms with van der Waals surface area (Å²) in [5.41, 5.74) is 0.657. The number of amides is 1. The first kappa shape index (κ1) is 16.7. The molecule has 0 saturated carbocycles. The first-order valence-corrected chi connectivity index (χ1v) is 8.22. The van der Waals surface area contributed by atoms with Gasteiger partial charge in [-0.25, -0.2) is 4.79 Å². The van der Waals surface area contributed by atoms with Crippen LogP contribution in [0.25, 0.3) is 0 Å². The molecule has 4 nitrogen and oxygen atoms in total. The molecule has 0 bridgehead atoms. The molecule has 1 aromatic carbocycles. The molecule has 0 spiro atoms. The van der Waals surface area contributed by atoms with Crippen LogP contribution in [0.2, 0.25) is 0 Å². The van der Waals surface area contributed by atoms with Crippen LogP contribution >= 0.6 is 0 Å². The number of anilines is 1. The summed E-state index contributed by atoms with van der Waals surface area (Å²) in [6.07, 6.45) is 2.84. The van der Waals surface area contributed by atoms with Crippen LogP contribution in [0, 0.1) is 0 Å². The van der Waals surface area contributed by atoms with Gasteiger partial charge in [-0.1, -0.05) is 25.1 Å². The van der Waals surface area contributed by atoms with Gasteiger partial charge in [-0.2, -0.15) is 0 Å². The molecule has 1 aliphatic rings. The number of rotatable bonds is 4. The molecule has 1 aromatic rings. The summed E-state index contributed by atoms with van der Waals surface area (Å²) < 4.78 is 5.56. The average Bonchev–Trinajstić information content (AvgIpc) is 2.93. The van der Waals surface area contributed by atoms with E-state index in [-0.39, 0.29) is 18.2 Å². The Morgan fingerprint density at radius 3 is 2.64 bits per heavy atom. The highest BCUT2D eigenvalue weighted by atomic mass is 16.6. The normalized spacial score (nSPS) is 19.8. The Kier molecular flexibility index (Phi) is 5.33. The Hall–Kier alpha value is -1.71. The summed E-state index contributed by atoms with van der Waals surface area (Å²) in [5.74, 6) is 0. The number of carbonyl (C=O) groups excluding carboxylic acids is 1. The van der Waals surface area contributed by atoms with Crippen molar-refractivity contribution in [3.05, 3.63) is 30.3 Å². The Balaban J connectivity index is 2.05. The maximum atomic E-state index is 12.4. The molecule has 0 aliphatic carbocycles. The fourth-order valence-electron chi connectivity index (χ4n) is 2.98. The monoisotopic (exact) mass is 304 g/mol. The van der Waals surface area contributed by atoms with Crippen molar-refractivity contribution in [1.29, 1.82) is 0 Å². The van der Waals surface area contributed by atoms with E-state index in [1.54, 1.807) is 0 Å². The van der Waals surface area contributed by atoms with Crippen molar-refractivity contribution in [2.75, 3.05) is 11.9 Å². The Bertz CT molecular complexity index is 482. The Labute approximate surface area is 133 Å². The third-order valence-corrected chi connectivity index (χ3v) is 3.96. The summed E-state index contributed by atoms with van der Waals surface area (Å²) in [6.45, 7) is 8.68. The van der Waals surface area contributed by atoms with Crippen molar-refractivity contribution >= 4 is 11.8 Å². The molecule has 0 radical (unpaired) electrons. The van der Waals surface area contributed by atoms with Gasteiger partial charge in [0.05, 0.1) is 6.04 Å². The Morgan fingerprint density at radius 1 is 1.36 bits per heavy atom. The van der Waals surface area contributed by atoms with Gasteiger partial charge in [0.15, 0.2) is 0 Å². The number of carbonyl (C=O) groups is 1. The molecule has 2 atom stereocenters. The van der Waals surface area contributed by atoms with E-state index in [4.69, 9.17) is 4.74 Å². The quantitative estimate of drug-likeness (QED) is 0.903. The number of para-hydroxylation sites is 1. The molecule has 1 saturated heterocycles. The predicted molar refractivity (Wildman–Crippen MR) is 90.1 cm³/mol. The summed E-state index contributed by atoms with van der Waals surface area (Å²) in [4.78, 5) is 14.3. The van der Waals surface area contributed by atoms with E-state index in [1.807, 2.05) is 43.9 Å². The van der Waals surface area contributed by atoms with Gasteiger partial charge in [0.25, 0.3) is 0 Å². The minimum absolute atomic E-state index is 0.191. The maximum Gasteiger partial charge on any atom is 0.410 e. The van der Waals surface area contributed by atoms with Crippen LogP contribution in [-0.2, 0) is 4.74 Å². The zero-order valence-corrected chi connectivity index (χ0v) is 14.1. The number of benzene rings is 1. The van der Waals surface area contributed by atoms with E-state index in [9.17, 15) is 4.79 Å². The molecule has 0 aromatic heterocycles. The second kappa shape index (κ2) is 7.03. The lowest BCUT2D eigenvalue weighted by molar-refractivity contribution is 0.0211. The molecule has 22 heavy (non-hydrogen) atoms. The van der Waals surface area contributed by atoms with E-state index in [0.717, 1.165) is 31.5 Å². The minimum atomic E-state index is -0.446. The number of hydrogen-bond donors (Lipinski definition) is 1. The predicted octanol–water partition coefficient (Wildman–Crippen LogP) is 4.28. The topological polar surface area (TPSA) is 41.6 Å². The first-order valence-electron chi connectivity index (χ1n) is 8.22. The van der Waals surface area contributed by atoms with Crippen LogP contribution in [0.15, 0.2) is 30.3 Å². The summed E-state index contributed by atoms with van der Waals surface area (Å²) in [6, 6.07) is 10.6. The SMILES string of the molecule is CC[C@@H](Nc1ccccc1)[C@H]1CCCN1C(=O)OC(C)(C)C. The van der Waals surface area contributed by atoms with Crippen molar-refractivity contribution in [2.45, 2.75) is 64.6 Å². The lowest BCUT2D eigenvalue weighted by atomic mass is 10.0. The molecule has 4 heteroatoms. The van der Waals surface area contributed by atoms with Crippen LogP contribution in [0.3, 0.4) is 0 Å². The van der Waals surface area contributed by atoms with Crippen LogP contribution < -0.4 is 5.32 Å². The molecule has 1 aliphatic heterocycles. The molecular formula is C18H28N2O2. The van der Waals surface area contributed by atoms with Crippen molar-refractivity contribution in [1.82, 2.24) is 4.90 Å². The van der Waals surface area contributed by atoms with E-state index in [1.165, 1.54) is 0 Å². The van der Waals surface area contributed by atoms with Crippen LogP contribution in [0.5, 0.6) is 0 Å². The zero-order chi connectivity index (χ0) is 16.2.